The first kappa shape index (κ1) is 24.8. The molecule has 6 nitrogen and oxygen atoms in total. The summed E-state index contributed by atoms with van der Waals surface area (Å²) in [7, 11) is 0. The molecule has 2 amide bonds. The Morgan fingerprint density at radius 1 is 1.00 bits per heavy atom. The highest BCUT2D eigenvalue weighted by molar-refractivity contribution is 8.15. The minimum Gasteiger partial charge on any atom is -0.326 e. The van der Waals surface area contributed by atoms with Gasteiger partial charge in [0.25, 0.3) is 5.91 Å². The number of nitrogens with one attached hydrogen (secondary N) is 1. The van der Waals surface area contributed by atoms with E-state index in [1.807, 2.05) is 32.0 Å². The van der Waals surface area contributed by atoms with Gasteiger partial charge < -0.3 is 5.32 Å². The Hall–Kier alpha value is -3.85. The Morgan fingerprint density at radius 3 is 2.27 bits per heavy atom. The summed E-state index contributed by atoms with van der Waals surface area (Å²) in [4.78, 5) is 29.7. The number of nitrogens with zero attached hydrogens (tertiary/aromatic N) is 3. The molecule has 0 radical (unpaired) electrons. The number of aliphatic imine (C=N–C) groups is 1. The number of amides is 2. The van der Waals surface area contributed by atoms with Crippen molar-refractivity contribution in [3.63, 3.8) is 0 Å². The molecule has 0 fully saturated rings. The number of halogens is 2. The first-order valence-corrected chi connectivity index (χ1v) is 12.7. The van der Waals surface area contributed by atoms with Gasteiger partial charge in [-0.15, -0.1) is 0 Å². The third kappa shape index (κ3) is 5.61. The van der Waals surface area contributed by atoms with E-state index in [-0.39, 0.29) is 30.0 Å². The Bertz CT molecular complexity index is 1400. The number of aryl methyl sites for hydroxylation is 2. The van der Waals surface area contributed by atoms with Crippen molar-refractivity contribution >= 4 is 40.1 Å². The van der Waals surface area contributed by atoms with Crippen LogP contribution in [0, 0.1) is 25.5 Å². The van der Waals surface area contributed by atoms with Gasteiger partial charge in [-0.3, -0.25) is 9.59 Å². The zero-order chi connectivity index (χ0) is 26.1. The van der Waals surface area contributed by atoms with Gasteiger partial charge in [0.05, 0.1) is 11.8 Å². The van der Waals surface area contributed by atoms with E-state index in [2.05, 4.69) is 10.3 Å². The summed E-state index contributed by atoms with van der Waals surface area (Å²) in [6.45, 7) is 3.90. The highest BCUT2D eigenvalue weighted by Crippen LogP contribution is 2.38. The van der Waals surface area contributed by atoms with E-state index in [1.54, 1.807) is 29.3 Å². The first-order valence-electron chi connectivity index (χ1n) is 11.8. The molecule has 2 aliphatic rings. The Morgan fingerprint density at radius 2 is 1.62 bits per heavy atom. The van der Waals surface area contributed by atoms with Crippen LogP contribution in [-0.4, -0.2) is 33.0 Å². The molecule has 0 unspecified atom stereocenters. The maximum atomic E-state index is 13.6. The van der Waals surface area contributed by atoms with Gasteiger partial charge >= 0.3 is 0 Å². The first-order chi connectivity index (χ1) is 17.7. The molecule has 37 heavy (non-hydrogen) atoms. The van der Waals surface area contributed by atoms with Crippen LogP contribution in [0.15, 0.2) is 76.8 Å². The summed E-state index contributed by atoms with van der Waals surface area (Å²) in [5.41, 5.74) is 4.99. The van der Waals surface area contributed by atoms with Crippen LogP contribution in [0.4, 0.5) is 14.5 Å². The number of carbonyl (C=O) groups is 2. The number of rotatable bonds is 5. The average Bonchev–Trinajstić information content (AvgIpc) is 3.43. The van der Waals surface area contributed by atoms with E-state index in [1.165, 1.54) is 36.0 Å². The van der Waals surface area contributed by atoms with Crippen molar-refractivity contribution < 1.29 is 18.4 Å². The third-order valence-electron chi connectivity index (χ3n) is 6.14. The SMILES string of the molecule is Cc1cc(C)cc(NC(=O)C[C@H]2SC(N3N=C(c4ccc(F)cc4)C[C@H]3c3ccc(F)cc3)=NC2=O)c1. The topological polar surface area (TPSA) is 74.1 Å². The number of hydrazone groups is 1. The van der Waals surface area contributed by atoms with E-state index in [0.717, 1.165) is 22.3 Å². The fourth-order valence-electron chi connectivity index (χ4n) is 4.48. The smallest absolute Gasteiger partial charge is 0.262 e. The normalized spacial score (nSPS) is 19.1. The summed E-state index contributed by atoms with van der Waals surface area (Å²) in [6, 6.07) is 17.5. The summed E-state index contributed by atoms with van der Waals surface area (Å²) in [5, 5.41) is 8.92. The molecule has 3 aromatic carbocycles. The lowest BCUT2D eigenvalue weighted by molar-refractivity contribution is -0.121. The standard InChI is InChI=1S/C28H24F2N4O2S/c1-16-11-17(2)13-22(12-16)31-26(35)15-25-27(36)32-28(37-25)34-24(19-5-9-21(30)10-6-19)14-23(33-34)18-3-7-20(29)8-4-18/h3-13,24-25H,14-15H2,1-2H3,(H,31,35)/t24-,25+/m0/s1. The maximum absolute atomic E-state index is 13.6. The number of anilines is 1. The largest absolute Gasteiger partial charge is 0.326 e. The van der Waals surface area contributed by atoms with Crippen LogP contribution in [0.1, 0.15) is 41.1 Å². The average molecular weight is 519 g/mol. The second-order valence-electron chi connectivity index (χ2n) is 9.14. The van der Waals surface area contributed by atoms with Crippen LogP contribution in [0.5, 0.6) is 0 Å². The molecule has 3 aromatic rings. The lowest BCUT2D eigenvalue weighted by atomic mass is 9.98. The summed E-state index contributed by atoms with van der Waals surface area (Å²) >= 11 is 1.19. The predicted molar refractivity (Wildman–Crippen MR) is 142 cm³/mol. The lowest BCUT2D eigenvalue weighted by Gasteiger charge is -2.23. The summed E-state index contributed by atoms with van der Waals surface area (Å²) in [5.74, 6) is -1.39. The minimum absolute atomic E-state index is 0.0346. The highest BCUT2D eigenvalue weighted by Gasteiger charge is 2.39. The molecule has 2 atom stereocenters. The van der Waals surface area contributed by atoms with Crippen LogP contribution in [0.3, 0.4) is 0 Å². The third-order valence-corrected chi connectivity index (χ3v) is 7.29. The second kappa shape index (κ2) is 10.3. The van der Waals surface area contributed by atoms with Gasteiger partial charge in [0.15, 0.2) is 5.17 Å². The zero-order valence-electron chi connectivity index (χ0n) is 20.2. The van der Waals surface area contributed by atoms with Gasteiger partial charge in [-0.2, -0.15) is 10.1 Å². The fraction of sp³-hybridized carbons (Fsp3) is 0.214. The molecule has 0 spiro atoms. The number of carbonyl (C=O) groups excluding carboxylic acids is 2. The predicted octanol–water partition coefficient (Wildman–Crippen LogP) is 5.76. The molecule has 9 heteroatoms. The molecule has 0 saturated heterocycles. The van der Waals surface area contributed by atoms with Crippen LogP contribution in [-0.2, 0) is 9.59 Å². The summed E-state index contributed by atoms with van der Waals surface area (Å²) < 4.78 is 27.1. The molecule has 188 valence electrons. The van der Waals surface area contributed by atoms with Crippen molar-refractivity contribution in [2.75, 3.05) is 5.32 Å². The van der Waals surface area contributed by atoms with Crippen molar-refractivity contribution in [3.8, 4) is 0 Å². The van der Waals surface area contributed by atoms with E-state index >= 15 is 0 Å². The zero-order valence-corrected chi connectivity index (χ0v) is 21.1. The number of amidine groups is 1. The number of hydrogen-bond acceptors (Lipinski definition) is 5. The monoisotopic (exact) mass is 518 g/mol. The fourth-order valence-corrected chi connectivity index (χ4v) is 5.54. The van der Waals surface area contributed by atoms with Crippen molar-refractivity contribution in [2.24, 2.45) is 10.1 Å². The molecule has 2 heterocycles. The quantitative estimate of drug-likeness (QED) is 0.466. The number of thioether (sulfide) groups is 1. The van der Waals surface area contributed by atoms with Gasteiger partial charge in [0, 0.05) is 18.5 Å². The summed E-state index contributed by atoms with van der Waals surface area (Å²) in [6.07, 6.45) is 0.427. The Balaban J connectivity index is 1.35. The van der Waals surface area contributed by atoms with Gasteiger partial charge in [-0.25, -0.2) is 13.8 Å². The highest BCUT2D eigenvalue weighted by atomic mass is 32.2. The van der Waals surface area contributed by atoms with Crippen LogP contribution in [0.2, 0.25) is 0 Å². The molecule has 5 rings (SSSR count). The molecule has 0 bridgehead atoms. The van der Waals surface area contributed by atoms with Crippen LogP contribution in [0.25, 0.3) is 0 Å². The van der Waals surface area contributed by atoms with E-state index in [0.29, 0.717) is 23.0 Å². The van der Waals surface area contributed by atoms with E-state index in [9.17, 15) is 18.4 Å². The molecule has 0 aliphatic carbocycles. The van der Waals surface area contributed by atoms with Gasteiger partial charge in [0.1, 0.15) is 16.9 Å². The van der Waals surface area contributed by atoms with Crippen molar-refractivity contribution in [1.82, 2.24) is 5.01 Å². The van der Waals surface area contributed by atoms with Gasteiger partial charge in [-0.1, -0.05) is 42.1 Å². The second-order valence-corrected chi connectivity index (χ2v) is 10.3. The number of hydrogen-bond donors (Lipinski definition) is 1. The van der Waals surface area contributed by atoms with Crippen LogP contribution >= 0.6 is 11.8 Å². The van der Waals surface area contributed by atoms with Crippen molar-refractivity contribution in [2.45, 2.75) is 38.0 Å². The molecule has 0 aromatic heterocycles. The number of benzene rings is 3. The van der Waals surface area contributed by atoms with Crippen molar-refractivity contribution in [3.05, 3.63) is 101 Å². The molecule has 1 N–H and O–H groups in total. The minimum atomic E-state index is -0.681. The van der Waals surface area contributed by atoms with E-state index < -0.39 is 11.2 Å². The molecular formula is C28H24F2N4O2S. The van der Waals surface area contributed by atoms with Gasteiger partial charge in [0.2, 0.25) is 5.91 Å². The van der Waals surface area contributed by atoms with Crippen molar-refractivity contribution in [1.29, 1.82) is 0 Å². The molecular weight excluding hydrogens is 494 g/mol. The van der Waals surface area contributed by atoms with Gasteiger partial charge in [-0.05, 0) is 72.5 Å². The maximum Gasteiger partial charge on any atom is 0.262 e. The molecule has 2 aliphatic heterocycles. The van der Waals surface area contributed by atoms with E-state index in [4.69, 9.17) is 5.10 Å². The Labute approximate surface area is 217 Å². The molecule has 0 saturated carbocycles. The lowest BCUT2D eigenvalue weighted by Crippen LogP contribution is -2.25. The Kier molecular flexibility index (Phi) is 6.88. The van der Waals surface area contributed by atoms with Crippen LogP contribution < -0.4 is 5.32 Å².